The molecule has 0 bridgehead atoms. The van der Waals surface area contributed by atoms with E-state index in [0.717, 1.165) is 22.7 Å². The summed E-state index contributed by atoms with van der Waals surface area (Å²) < 4.78 is 12.3. The maximum Gasteiger partial charge on any atom is 0.337 e. The summed E-state index contributed by atoms with van der Waals surface area (Å²) in [5, 5.41) is 24.0. The van der Waals surface area contributed by atoms with Crippen molar-refractivity contribution in [2.75, 3.05) is 14.2 Å². The van der Waals surface area contributed by atoms with Crippen molar-refractivity contribution in [3.8, 4) is 39.7 Å². The van der Waals surface area contributed by atoms with Crippen molar-refractivity contribution >= 4 is 17.6 Å². The number of methoxy groups -OCH3 is 2. The normalized spacial score (nSPS) is 10.8. The minimum Gasteiger partial charge on any atom is -0.497 e. The molecule has 1 heterocycles. The van der Waals surface area contributed by atoms with Crippen molar-refractivity contribution in [2.24, 2.45) is 0 Å². The first-order chi connectivity index (χ1) is 15.9. The molecule has 0 fully saturated rings. The van der Waals surface area contributed by atoms with Crippen molar-refractivity contribution in [3.63, 3.8) is 0 Å². The van der Waals surface area contributed by atoms with E-state index in [2.05, 4.69) is 0 Å². The summed E-state index contributed by atoms with van der Waals surface area (Å²) in [6.07, 6.45) is 0. The van der Waals surface area contributed by atoms with Crippen LogP contribution >= 0.6 is 11.6 Å². The predicted molar refractivity (Wildman–Crippen MR) is 125 cm³/mol. The number of hydrogen-bond donors (Lipinski definition) is 2. The lowest BCUT2D eigenvalue weighted by molar-refractivity contribution is 0.0697. The Morgan fingerprint density at radius 1 is 0.939 bits per heavy atom. The first kappa shape index (κ1) is 22.4. The number of aliphatic hydroxyl groups is 1. The fourth-order valence-corrected chi connectivity index (χ4v) is 3.76. The van der Waals surface area contributed by atoms with Gasteiger partial charge in [0.05, 0.1) is 48.5 Å². The number of hydrogen-bond acceptors (Lipinski definition) is 5. The van der Waals surface area contributed by atoms with E-state index < -0.39 is 12.6 Å². The number of aliphatic hydroxyl groups excluding tert-OH is 1. The van der Waals surface area contributed by atoms with Crippen LogP contribution in [0.3, 0.4) is 0 Å². The average molecular weight is 465 g/mol. The zero-order chi connectivity index (χ0) is 23.5. The lowest BCUT2D eigenvalue weighted by atomic mass is 10.0. The second kappa shape index (κ2) is 9.36. The molecular weight excluding hydrogens is 444 g/mol. The standard InChI is InChI=1S/C25H21ClN2O5/c1-32-19-7-3-15(4-8-19)23-13-22(27-28(23)18-5-9-20(33-2)10-6-18)16-11-17(14-29)24(26)21(12-16)25(30)31/h3-13,29H,14H2,1-2H3,(H,30,31). The van der Waals surface area contributed by atoms with Crippen LogP contribution in [-0.4, -0.2) is 40.2 Å². The molecule has 0 saturated carbocycles. The molecule has 3 aromatic carbocycles. The van der Waals surface area contributed by atoms with Gasteiger partial charge in [-0.25, -0.2) is 9.48 Å². The number of carbonyl (C=O) groups is 1. The number of rotatable bonds is 7. The molecule has 1 aromatic heterocycles. The topological polar surface area (TPSA) is 93.8 Å². The van der Waals surface area contributed by atoms with Crippen LogP contribution in [0.4, 0.5) is 0 Å². The van der Waals surface area contributed by atoms with Gasteiger partial charge in [0.15, 0.2) is 0 Å². The fourth-order valence-electron chi connectivity index (χ4n) is 3.51. The van der Waals surface area contributed by atoms with Gasteiger partial charge in [-0.15, -0.1) is 0 Å². The van der Waals surface area contributed by atoms with E-state index in [-0.39, 0.29) is 10.6 Å². The highest BCUT2D eigenvalue weighted by atomic mass is 35.5. The molecule has 8 heteroatoms. The van der Waals surface area contributed by atoms with E-state index in [1.165, 1.54) is 6.07 Å². The Hall–Kier alpha value is -3.81. The van der Waals surface area contributed by atoms with Crippen molar-refractivity contribution in [2.45, 2.75) is 6.61 Å². The molecule has 33 heavy (non-hydrogen) atoms. The number of aromatic carboxylic acids is 1. The van der Waals surface area contributed by atoms with E-state index in [0.29, 0.717) is 22.6 Å². The SMILES string of the molecule is COc1ccc(-c2cc(-c3cc(CO)c(Cl)c(C(=O)O)c3)nn2-c2ccc(OC)cc2)cc1. The van der Waals surface area contributed by atoms with E-state index in [4.69, 9.17) is 26.2 Å². The number of halogens is 1. The maximum absolute atomic E-state index is 11.7. The molecule has 4 aromatic rings. The lowest BCUT2D eigenvalue weighted by Gasteiger charge is -2.09. The Morgan fingerprint density at radius 3 is 2.09 bits per heavy atom. The van der Waals surface area contributed by atoms with Gasteiger partial charge in [-0.05, 0) is 72.3 Å². The Kier molecular flexibility index (Phi) is 6.35. The van der Waals surface area contributed by atoms with Crippen molar-refractivity contribution in [1.82, 2.24) is 9.78 Å². The summed E-state index contributed by atoms with van der Waals surface area (Å²) in [4.78, 5) is 11.7. The molecule has 4 rings (SSSR count). The Balaban J connectivity index is 1.91. The minimum absolute atomic E-state index is 0.0127. The third-order valence-electron chi connectivity index (χ3n) is 5.26. The number of nitrogens with zero attached hydrogens (tertiary/aromatic N) is 2. The van der Waals surface area contributed by atoms with Crippen LogP contribution in [0, 0.1) is 0 Å². The second-order valence-corrected chi connectivity index (χ2v) is 7.59. The van der Waals surface area contributed by atoms with Gasteiger partial charge in [-0.1, -0.05) is 11.6 Å². The van der Waals surface area contributed by atoms with Crippen LogP contribution in [-0.2, 0) is 6.61 Å². The van der Waals surface area contributed by atoms with E-state index >= 15 is 0 Å². The van der Waals surface area contributed by atoms with Gasteiger partial charge in [-0.3, -0.25) is 0 Å². The van der Waals surface area contributed by atoms with Gasteiger partial charge in [-0.2, -0.15) is 5.10 Å². The summed E-state index contributed by atoms with van der Waals surface area (Å²) in [5.74, 6) is 0.265. The van der Waals surface area contributed by atoms with Crippen molar-refractivity contribution in [3.05, 3.63) is 82.9 Å². The predicted octanol–water partition coefficient (Wildman–Crippen LogP) is 5.07. The van der Waals surface area contributed by atoms with Crippen molar-refractivity contribution in [1.29, 1.82) is 0 Å². The molecule has 0 spiro atoms. The first-order valence-corrected chi connectivity index (χ1v) is 10.4. The highest BCUT2D eigenvalue weighted by Gasteiger charge is 2.19. The Bertz CT molecular complexity index is 1230. The van der Waals surface area contributed by atoms with Crippen LogP contribution in [0.5, 0.6) is 11.5 Å². The van der Waals surface area contributed by atoms with Crippen LogP contribution in [0.25, 0.3) is 28.2 Å². The molecule has 0 aliphatic heterocycles. The number of carboxylic acids is 1. The quantitative estimate of drug-likeness (QED) is 0.396. The summed E-state index contributed by atoms with van der Waals surface area (Å²) in [5.41, 5.74) is 3.76. The van der Waals surface area contributed by atoms with E-state index in [1.54, 1.807) is 25.0 Å². The molecule has 0 amide bonds. The summed E-state index contributed by atoms with van der Waals surface area (Å²) in [6.45, 7) is -0.391. The summed E-state index contributed by atoms with van der Waals surface area (Å²) in [6, 6.07) is 20.0. The van der Waals surface area contributed by atoms with Gasteiger partial charge in [0, 0.05) is 11.1 Å². The van der Waals surface area contributed by atoms with E-state index in [1.807, 2.05) is 54.6 Å². The van der Waals surface area contributed by atoms with Crippen LogP contribution in [0.2, 0.25) is 5.02 Å². The molecule has 7 nitrogen and oxygen atoms in total. The molecule has 0 aliphatic carbocycles. The molecule has 0 unspecified atom stereocenters. The van der Waals surface area contributed by atoms with E-state index in [9.17, 15) is 15.0 Å². The van der Waals surface area contributed by atoms with Crippen molar-refractivity contribution < 1.29 is 24.5 Å². The molecule has 0 atom stereocenters. The van der Waals surface area contributed by atoms with Crippen LogP contribution in [0.1, 0.15) is 15.9 Å². The molecule has 0 radical (unpaired) electrons. The zero-order valence-corrected chi connectivity index (χ0v) is 18.7. The fraction of sp³-hybridized carbons (Fsp3) is 0.120. The van der Waals surface area contributed by atoms with Gasteiger partial charge in [0.25, 0.3) is 0 Å². The monoisotopic (exact) mass is 464 g/mol. The molecule has 0 aliphatic rings. The molecule has 0 saturated heterocycles. The summed E-state index contributed by atoms with van der Waals surface area (Å²) >= 11 is 6.16. The second-order valence-electron chi connectivity index (χ2n) is 7.21. The third-order valence-corrected chi connectivity index (χ3v) is 5.70. The first-order valence-electron chi connectivity index (χ1n) is 10.0. The van der Waals surface area contributed by atoms with Gasteiger partial charge < -0.3 is 19.7 Å². The Labute approximate surface area is 195 Å². The molecule has 2 N–H and O–H groups in total. The largest absolute Gasteiger partial charge is 0.497 e. The number of ether oxygens (including phenoxy) is 2. The lowest BCUT2D eigenvalue weighted by Crippen LogP contribution is -2.02. The smallest absolute Gasteiger partial charge is 0.337 e. The van der Waals surface area contributed by atoms with Crippen LogP contribution < -0.4 is 9.47 Å². The van der Waals surface area contributed by atoms with Gasteiger partial charge in [0.1, 0.15) is 11.5 Å². The van der Waals surface area contributed by atoms with Crippen LogP contribution in [0.15, 0.2) is 66.7 Å². The number of benzene rings is 3. The highest BCUT2D eigenvalue weighted by Crippen LogP contribution is 2.33. The third kappa shape index (κ3) is 4.41. The Morgan fingerprint density at radius 2 is 1.55 bits per heavy atom. The van der Waals surface area contributed by atoms with Gasteiger partial charge >= 0.3 is 5.97 Å². The molecular formula is C25H21ClN2O5. The zero-order valence-electron chi connectivity index (χ0n) is 17.9. The maximum atomic E-state index is 11.7. The number of carboxylic acid groups (broad SMARTS) is 1. The molecule has 168 valence electrons. The average Bonchev–Trinajstić information content (AvgIpc) is 3.29. The highest BCUT2D eigenvalue weighted by molar-refractivity contribution is 6.34. The minimum atomic E-state index is -1.18. The van der Waals surface area contributed by atoms with Gasteiger partial charge in [0.2, 0.25) is 0 Å². The number of aromatic nitrogens is 2. The summed E-state index contributed by atoms with van der Waals surface area (Å²) in [7, 11) is 3.21.